The molecule has 0 aliphatic rings. The Morgan fingerprint density at radius 2 is 1.68 bits per heavy atom. The summed E-state index contributed by atoms with van der Waals surface area (Å²) in [6.07, 6.45) is 0. The maximum absolute atomic E-state index is 12.3. The molecule has 2 rings (SSSR count). The highest BCUT2D eigenvalue weighted by Gasteiger charge is 2.19. The van der Waals surface area contributed by atoms with Gasteiger partial charge in [0.05, 0.1) is 5.56 Å². The lowest BCUT2D eigenvalue weighted by Gasteiger charge is -2.11. The number of hydrogen-bond acceptors (Lipinski definition) is 4. The summed E-state index contributed by atoms with van der Waals surface area (Å²) < 4.78 is 34.3. The van der Waals surface area contributed by atoms with Crippen LogP contribution in [0.4, 0.5) is 8.78 Å². The van der Waals surface area contributed by atoms with E-state index in [1.165, 1.54) is 24.3 Å². The van der Waals surface area contributed by atoms with E-state index in [0.29, 0.717) is 10.8 Å². The van der Waals surface area contributed by atoms with Crippen LogP contribution in [-0.2, 0) is 0 Å². The number of rotatable bonds is 6. The minimum Gasteiger partial charge on any atom is -0.454 e. The highest BCUT2D eigenvalue weighted by molar-refractivity contribution is 6.30. The second-order valence-electron chi connectivity index (χ2n) is 4.68. The van der Waals surface area contributed by atoms with E-state index in [4.69, 9.17) is 16.3 Å². The zero-order valence-electron chi connectivity index (χ0n) is 13.8. The summed E-state index contributed by atoms with van der Waals surface area (Å²) in [5, 5.41) is 3.26. The van der Waals surface area contributed by atoms with E-state index in [-0.39, 0.29) is 17.1 Å². The molecular formula is C18H18ClF2NO3. The van der Waals surface area contributed by atoms with Gasteiger partial charge in [0, 0.05) is 5.02 Å². The van der Waals surface area contributed by atoms with Crippen LogP contribution < -0.4 is 14.8 Å². The first-order valence-electron chi connectivity index (χ1n) is 7.18. The van der Waals surface area contributed by atoms with Gasteiger partial charge in [0.2, 0.25) is 5.78 Å². The Hall–Kier alpha value is -2.44. The summed E-state index contributed by atoms with van der Waals surface area (Å²) in [5.41, 5.74) is -0.0539. The third-order valence-electron chi connectivity index (χ3n) is 2.66. The lowest BCUT2D eigenvalue weighted by molar-refractivity contribution is -0.0501. The van der Waals surface area contributed by atoms with E-state index >= 15 is 0 Å². The van der Waals surface area contributed by atoms with Gasteiger partial charge in [-0.1, -0.05) is 30.3 Å². The predicted molar refractivity (Wildman–Crippen MR) is 93.6 cm³/mol. The summed E-state index contributed by atoms with van der Waals surface area (Å²) in [4.78, 5) is 12.2. The first-order valence-corrected chi connectivity index (χ1v) is 7.56. The molecule has 0 radical (unpaired) electrons. The Morgan fingerprint density at radius 3 is 2.24 bits per heavy atom. The number of Topliss-reactive ketones (excluding diaryl/α,β-unsaturated/α-hetero) is 1. The summed E-state index contributed by atoms with van der Waals surface area (Å²) in [6, 6.07) is 11.9. The first kappa shape index (κ1) is 20.6. The Morgan fingerprint density at radius 1 is 1.12 bits per heavy atom. The molecule has 1 N–H and O–H groups in total. The van der Waals surface area contributed by atoms with E-state index in [2.05, 4.69) is 16.6 Å². The molecule has 134 valence electrons. The van der Waals surface area contributed by atoms with Crippen LogP contribution in [0.15, 0.2) is 60.9 Å². The minimum atomic E-state index is -3.03. The van der Waals surface area contributed by atoms with Crippen molar-refractivity contribution in [2.45, 2.75) is 6.61 Å². The van der Waals surface area contributed by atoms with Crippen molar-refractivity contribution in [3.63, 3.8) is 0 Å². The largest absolute Gasteiger partial charge is 0.454 e. The Bertz CT molecular complexity index is 706. The SMILES string of the molecule is C=C(Oc1ccc(Cl)cc1)C(=O)c1ccccc1OC(F)F.CNC. The third kappa shape index (κ3) is 6.91. The number of allylic oxidation sites excluding steroid dienone is 1. The molecule has 0 amide bonds. The third-order valence-corrected chi connectivity index (χ3v) is 2.91. The Kier molecular flexibility index (Phi) is 8.60. The highest BCUT2D eigenvalue weighted by atomic mass is 35.5. The van der Waals surface area contributed by atoms with Gasteiger partial charge in [0.25, 0.3) is 0 Å². The van der Waals surface area contributed by atoms with Gasteiger partial charge < -0.3 is 14.8 Å². The van der Waals surface area contributed by atoms with Gasteiger partial charge in [-0.15, -0.1) is 0 Å². The van der Waals surface area contributed by atoms with E-state index in [1.807, 2.05) is 14.1 Å². The van der Waals surface area contributed by atoms with Crippen molar-refractivity contribution in [3.05, 3.63) is 71.5 Å². The van der Waals surface area contributed by atoms with Crippen molar-refractivity contribution < 1.29 is 23.0 Å². The van der Waals surface area contributed by atoms with Gasteiger partial charge in [0.15, 0.2) is 5.76 Å². The quantitative estimate of drug-likeness (QED) is 0.461. The van der Waals surface area contributed by atoms with Gasteiger partial charge in [-0.2, -0.15) is 8.78 Å². The molecule has 0 unspecified atom stereocenters. The topological polar surface area (TPSA) is 47.6 Å². The van der Waals surface area contributed by atoms with Gasteiger partial charge in [0.1, 0.15) is 11.5 Å². The maximum Gasteiger partial charge on any atom is 0.387 e. The van der Waals surface area contributed by atoms with Crippen LogP contribution in [0.3, 0.4) is 0 Å². The molecule has 7 heteroatoms. The normalized spacial score (nSPS) is 9.84. The average Bonchev–Trinajstić information content (AvgIpc) is 2.57. The fourth-order valence-electron chi connectivity index (χ4n) is 1.69. The molecule has 25 heavy (non-hydrogen) atoms. The molecule has 2 aromatic rings. The number of hydrogen-bond donors (Lipinski definition) is 1. The number of alkyl halides is 2. The minimum absolute atomic E-state index is 0.0539. The number of carbonyl (C=O) groups is 1. The molecule has 2 aromatic carbocycles. The summed E-state index contributed by atoms with van der Waals surface area (Å²) in [7, 11) is 3.75. The molecular weight excluding hydrogens is 352 g/mol. The van der Waals surface area contributed by atoms with Crippen molar-refractivity contribution in [2.75, 3.05) is 14.1 Å². The smallest absolute Gasteiger partial charge is 0.387 e. The second kappa shape index (κ2) is 10.4. The molecule has 0 atom stereocenters. The molecule has 0 saturated carbocycles. The number of ether oxygens (including phenoxy) is 2. The van der Waals surface area contributed by atoms with Crippen LogP contribution in [0.1, 0.15) is 10.4 Å². The van der Waals surface area contributed by atoms with E-state index in [1.54, 1.807) is 24.3 Å². The molecule has 0 heterocycles. The molecule has 0 fully saturated rings. The highest BCUT2D eigenvalue weighted by Crippen LogP contribution is 2.24. The van der Waals surface area contributed by atoms with Crippen molar-refractivity contribution in [3.8, 4) is 11.5 Å². The predicted octanol–water partition coefficient (Wildman–Crippen LogP) is 4.55. The molecule has 0 aliphatic heterocycles. The molecule has 0 spiro atoms. The van der Waals surface area contributed by atoms with Crippen LogP contribution >= 0.6 is 11.6 Å². The van der Waals surface area contributed by atoms with Crippen LogP contribution in [0.2, 0.25) is 5.02 Å². The zero-order valence-corrected chi connectivity index (χ0v) is 14.5. The van der Waals surface area contributed by atoms with Crippen molar-refractivity contribution in [2.24, 2.45) is 0 Å². The number of carbonyl (C=O) groups excluding carboxylic acids is 1. The second-order valence-corrected chi connectivity index (χ2v) is 5.12. The molecule has 0 saturated heterocycles. The fourth-order valence-corrected chi connectivity index (χ4v) is 1.82. The fraction of sp³-hybridized carbons (Fsp3) is 0.167. The van der Waals surface area contributed by atoms with Gasteiger partial charge in [-0.3, -0.25) is 4.79 Å². The average molecular weight is 370 g/mol. The van der Waals surface area contributed by atoms with Gasteiger partial charge in [-0.05, 0) is 50.5 Å². The lowest BCUT2D eigenvalue weighted by atomic mass is 10.1. The van der Waals surface area contributed by atoms with Crippen LogP contribution in [-0.4, -0.2) is 26.5 Å². The van der Waals surface area contributed by atoms with Gasteiger partial charge >= 0.3 is 6.61 Å². The summed E-state index contributed by atoms with van der Waals surface area (Å²) >= 11 is 5.74. The van der Waals surface area contributed by atoms with E-state index < -0.39 is 12.4 Å². The van der Waals surface area contributed by atoms with Crippen molar-refractivity contribution in [1.29, 1.82) is 0 Å². The number of para-hydroxylation sites is 1. The van der Waals surface area contributed by atoms with Crippen LogP contribution in [0.5, 0.6) is 11.5 Å². The summed E-state index contributed by atoms with van der Waals surface area (Å²) in [5.74, 6) is -0.739. The van der Waals surface area contributed by atoms with Crippen molar-refractivity contribution in [1.82, 2.24) is 5.32 Å². The maximum atomic E-state index is 12.3. The summed E-state index contributed by atoms with van der Waals surface area (Å²) in [6.45, 7) is 0.493. The molecule has 0 aliphatic carbocycles. The van der Waals surface area contributed by atoms with Crippen LogP contribution in [0.25, 0.3) is 0 Å². The molecule has 4 nitrogen and oxygen atoms in total. The number of benzene rings is 2. The monoisotopic (exact) mass is 369 g/mol. The Labute approximate surface area is 150 Å². The first-order chi connectivity index (χ1) is 11.9. The zero-order chi connectivity index (χ0) is 18.8. The van der Waals surface area contributed by atoms with Crippen molar-refractivity contribution >= 4 is 17.4 Å². The van der Waals surface area contributed by atoms with E-state index in [9.17, 15) is 13.6 Å². The Balaban J connectivity index is 0.000000970. The molecule has 0 bridgehead atoms. The van der Waals surface area contributed by atoms with E-state index in [0.717, 1.165) is 0 Å². The molecule has 0 aromatic heterocycles. The number of nitrogens with one attached hydrogen (secondary N) is 1. The van der Waals surface area contributed by atoms with Crippen LogP contribution in [0, 0.1) is 0 Å². The standard InChI is InChI=1S/C16H11ClF2O3.C2H7N/c1-10(21-12-8-6-11(17)7-9-12)15(20)13-4-2-3-5-14(13)22-16(18)19;1-3-2/h2-9,16H,1H2;3H,1-2H3. The van der Waals surface area contributed by atoms with Gasteiger partial charge in [-0.25, -0.2) is 0 Å². The lowest BCUT2D eigenvalue weighted by Crippen LogP contribution is -2.12. The number of ketones is 1. The number of halogens is 3.